The van der Waals surface area contributed by atoms with Crippen molar-refractivity contribution in [2.24, 2.45) is 5.92 Å². The Hall–Kier alpha value is -2.75. The topological polar surface area (TPSA) is 35.0 Å². The number of ether oxygens (including phenoxy) is 1. The number of alkyl halides is 1. The Bertz CT molecular complexity index is 1000. The van der Waals surface area contributed by atoms with Crippen molar-refractivity contribution < 1.29 is 9.13 Å². The standard InChI is InChI=1S/C33H45FN2O/c1-4-6-7-8-9-10-11-12-13-14-27-15-17-28(18-16-27)30-23-35-33(36-24-30)29-19-21-31(22-20-29)37-25-32(34)26(3)5-2/h15-24,26,32H,4-14,25H2,1-3H3. The van der Waals surface area contributed by atoms with E-state index in [1.54, 1.807) is 0 Å². The van der Waals surface area contributed by atoms with Gasteiger partial charge >= 0.3 is 0 Å². The van der Waals surface area contributed by atoms with Crippen molar-refractivity contribution in [3.05, 3.63) is 66.5 Å². The van der Waals surface area contributed by atoms with Gasteiger partial charge in [-0.2, -0.15) is 0 Å². The second-order valence-corrected chi connectivity index (χ2v) is 10.3. The number of unbranched alkanes of at least 4 members (excludes halogenated alkanes) is 8. The van der Waals surface area contributed by atoms with Crippen LogP contribution in [-0.2, 0) is 6.42 Å². The third-order valence-corrected chi connectivity index (χ3v) is 7.29. The Labute approximate surface area is 223 Å². The predicted molar refractivity (Wildman–Crippen MR) is 154 cm³/mol. The maximum absolute atomic E-state index is 14.0. The van der Waals surface area contributed by atoms with Crippen molar-refractivity contribution in [2.75, 3.05) is 6.61 Å². The molecule has 0 saturated carbocycles. The minimum Gasteiger partial charge on any atom is -0.491 e. The fourth-order valence-electron chi connectivity index (χ4n) is 4.43. The number of hydrogen-bond donors (Lipinski definition) is 0. The number of rotatable bonds is 17. The van der Waals surface area contributed by atoms with E-state index < -0.39 is 6.17 Å². The summed E-state index contributed by atoms with van der Waals surface area (Å²) in [5, 5.41) is 0. The van der Waals surface area contributed by atoms with Crippen LogP contribution in [0.15, 0.2) is 60.9 Å². The van der Waals surface area contributed by atoms with Gasteiger partial charge in [-0.05, 0) is 54.2 Å². The summed E-state index contributed by atoms with van der Waals surface area (Å²) in [7, 11) is 0. The van der Waals surface area contributed by atoms with Crippen molar-refractivity contribution in [1.29, 1.82) is 0 Å². The van der Waals surface area contributed by atoms with Gasteiger partial charge in [0, 0.05) is 23.5 Å². The summed E-state index contributed by atoms with van der Waals surface area (Å²) in [5.74, 6) is 1.33. The lowest BCUT2D eigenvalue weighted by Crippen LogP contribution is -2.20. The van der Waals surface area contributed by atoms with Gasteiger partial charge in [0.15, 0.2) is 5.82 Å². The molecule has 0 amide bonds. The Morgan fingerprint density at radius 3 is 1.86 bits per heavy atom. The summed E-state index contributed by atoms with van der Waals surface area (Å²) < 4.78 is 19.6. The zero-order valence-electron chi connectivity index (χ0n) is 23.1. The first kappa shape index (κ1) is 28.8. The monoisotopic (exact) mass is 504 g/mol. The molecule has 2 aromatic carbocycles. The van der Waals surface area contributed by atoms with E-state index in [0.29, 0.717) is 11.6 Å². The van der Waals surface area contributed by atoms with E-state index >= 15 is 0 Å². The number of halogens is 1. The molecule has 0 bridgehead atoms. The fraction of sp³-hybridized carbons (Fsp3) is 0.515. The highest BCUT2D eigenvalue weighted by Crippen LogP contribution is 2.24. The molecule has 0 aliphatic heterocycles. The number of benzene rings is 2. The average Bonchev–Trinajstić information content (AvgIpc) is 2.95. The second-order valence-electron chi connectivity index (χ2n) is 10.3. The van der Waals surface area contributed by atoms with Gasteiger partial charge in [0.1, 0.15) is 18.5 Å². The molecule has 0 aliphatic rings. The van der Waals surface area contributed by atoms with Gasteiger partial charge in [-0.25, -0.2) is 14.4 Å². The van der Waals surface area contributed by atoms with Gasteiger partial charge in [0.05, 0.1) is 0 Å². The smallest absolute Gasteiger partial charge is 0.159 e. The van der Waals surface area contributed by atoms with E-state index in [1.807, 2.05) is 50.5 Å². The maximum Gasteiger partial charge on any atom is 0.159 e. The first-order valence-electron chi connectivity index (χ1n) is 14.4. The molecular weight excluding hydrogens is 459 g/mol. The Morgan fingerprint density at radius 2 is 1.27 bits per heavy atom. The molecule has 3 aromatic rings. The van der Waals surface area contributed by atoms with E-state index in [2.05, 4.69) is 41.2 Å². The highest BCUT2D eigenvalue weighted by Gasteiger charge is 2.15. The van der Waals surface area contributed by atoms with Crippen LogP contribution in [0.2, 0.25) is 0 Å². The van der Waals surface area contributed by atoms with Crippen LogP contribution in [0.4, 0.5) is 4.39 Å². The van der Waals surface area contributed by atoms with Crippen molar-refractivity contribution in [3.8, 4) is 28.3 Å². The minimum absolute atomic E-state index is 0.00195. The van der Waals surface area contributed by atoms with Crippen LogP contribution in [0.25, 0.3) is 22.5 Å². The largest absolute Gasteiger partial charge is 0.491 e. The van der Waals surface area contributed by atoms with Crippen LogP contribution in [0.1, 0.15) is 90.5 Å². The molecule has 2 atom stereocenters. The van der Waals surface area contributed by atoms with E-state index in [0.717, 1.165) is 29.5 Å². The highest BCUT2D eigenvalue weighted by atomic mass is 19.1. The first-order chi connectivity index (χ1) is 18.1. The fourth-order valence-corrected chi connectivity index (χ4v) is 4.43. The van der Waals surface area contributed by atoms with Gasteiger partial charge in [0.2, 0.25) is 0 Å². The molecule has 4 heteroatoms. The summed E-state index contributed by atoms with van der Waals surface area (Å²) in [6.45, 7) is 6.25. The van der Waals surface area contributed by atoms with Crippen LogP contribution < -0.4 is 4.74 Å². The molecule has 37 heavy (non-hydrogen) atoms. The zero-order valence-corrected chi connectivity index (χ0v) is 23.1. The van der Waals surface area contributed by atoms with Crippen molar-refractivity contribution in [1.82, 2.24) is 9.97 Å². The van der Waals surface area contributed by atoms with Gasteiger partial charge < -0.3 is 4.74 Å². The van der Waals surface area contributed by atoms with Crippen LogP contribution in [0.5, 0.6) is 5.75 Å². The Balaban J connectivity index is 1.43. The van der Waals surface area contributed by atoms with Gasteiger partial charge in [-0.3, -0.25) is 0 Å². The third-order valence-electron chi connectivity index (χ3n) is 7.29. The maximum atomic E-state index is 14.0. The molecule has 3 rings (SSSR count). The minimum atomic E-state index is -0.954. The number of hydrogen-bond acceptors (Lipinski definition) is 3. The predicted octanol–water partition coefficient (Wildman–Crippen LogP) is 9.65. The number of aromatic nitrogens is 2. The van der Waals surface area contributed by atoms with Gasteiger partial charge in [-0.15, -0.1) is 0 Å². The lowest BCUT2D eigenvalue weighted by molar-refractivity contribution is 0.145. The van der Waals surface area contributed by atoms with E-state index in [1.165, 1.54) is 63.4 Å². The van der Waals surface area contributed by atoms with E-state index in [-0.39, 0.29) is 12.5 Å². The zero-order chi connectivity index (χ0) is 26.3. The van der Waals surface area contributed by atoms with Crippen LogP contribution >= 0.6 is 0 Å². The summed E-state index contributed by atoms with van der Waals surface area (Å²) in [4.78, 5) is 9.15. The quantitative estimate of drug-likeness (QED) is 0.172. The second kappa shape index (κ2) is 16.2. The molecule has 0 saturated heterocycles. The summed E-state index contributed by atoms with van der Waals surface area (Å²) in [6, 6.07) is 16.3. The normalized spacial score (nSPS) is 12.9. The van der Waals surface area contributed by atoms with Gasteiger partial charge in [0.25, 0.3) is 0 Å². The van der Waals surface area contributed by atoms with E-state index in [9.17, 15) is 4.39 Å². The molecule has 3 nitrogen and oxygen atoms in total. The number of nitrogens with zero attached hydrogens (tertiary/aromatic N) is 2. The van der Waals surface area contributed by atoms with Crippen molar-refractivity contribution in [2.45, 2.75) is 97.6 Å². The molecule has 0 N–H and O–H groups in total. The summed E-state index contributed by atoms with van der Waals surface area (Å²) in [5.41, 5.74) is 4.45. The average molecular weight is 505 g/mol. The van der Waals surface area contributed by atoms with E-state index in [4.69, 9.17) is 4.74 Å². The molecule has 1 aromatic heterocycles. The summed E-state index contributed by atoms with van der Waals surface area (Å²) >= 11 is 0. The first-order valence-corrected chi connectivity index (χ1v) is 14.4. The molecule has 1 heterocycles. The molecule has 200 valence electrons. The molecule has 0 radical (unpaired) electrons. The Kier molecular flexibility index (Phi) is 12.6. The lowest BCUT2D eigenvalue weighted by atomic mass is 10.0. The third kappa shape index (κ3) is 9.91. The SMILES string of the molecule is CCCCCCCCCCCc1ccc(-c2cnc(-c3ccc(OCC(F)C(C)CC)cc3)nc2)cc1. The molecular formula is C33H45FN2O. The Morgan fingerprint density at radius 1 is 0.703 bits per heavy atom. The summed E-state index contributed by atoms with van der Waals surface area (Å²) in [6.07, 6.45) is 17.0. The van der Waals surface area contributed by atoms with Crippen LogP contribution in [-0.4, -0.2) is 22.7 Å². The number of aryl methyl sites for hydroxylation is 1. The molecule has 0 spiro atoms. The van der Waals surface area contributed by atoms with Gasteiger partial charge in [-0.1, -0.05) is 103 Å². The molecule has 0 aliphatic carbocycles. The lowest BCUT2D eigenvalue weighted by Gasteiger charge is -2.15. The molecule has 2 unspecified atom stereocenters. The van der Waals surface area contributed by atoms with Crippen molar-refractivity contribution >= 4 is 0 Å². The van der Waals surface area contributed by atoms with Crippen LogP contribution in [0.3, 0.4) is 0 Å². The van der Waals surface area contributed by atoms with Crippen LogP contribution in [0, 0.1) is 5.92 Å². The molecule has 0 fully saturated rings. The van der Waals surface area contributed by atoms with Crippen molar-refractivity contribution in [3.63, 3.8) is 0 Å². The highest BCUT2D eigenvalue weighted by molar-refractivity contribution is 5.64.